The predicted molar refractivity (Wildman–Crippen MR) is 76.7 cm³/mol. The summed E-state index contributed by atoms with van der Waals surface area (Å²) in [6, 6.07) is 0. The van der Waals surface area contributed by atoms with Gasteiger partial charge in [0.1, 0.15) is 0 Å². The highest BCUT2D eigenvalue weighted by molar-refractivity contribution is 4.75. The van der Waals surface area contributed by atoms with Crippen molar-refractivity contribution in [2.24, 2.45) is 11.8 Å². The summed E-state index contributed by atoms with van der Waals surface area (Å²) in [5, 5.41) is 10.2. The number of aliphatic hydroxyl groups excluding tert-OH is 1. The smallest absolute Gasteiger partial charge is 0.0669 e. The molecule has 0 amide bonds. The lowest BCUT2D eigenvalue weighted by molar-refractivity contribution is 0.0921. The molecule has 2 nitrogen and oxygen atoms in total. The Kier molecular flexibility index (Phi) is 5.97. The first-order chi connectivity index (χ1) is 8.78. The first kappa shape index (κ1) is 14.3. The summed E-state index contributed by atoms with van der Waals surface area (Å²) in [5.74, 6) is 1.75. The number of likely N-dealkylation sites (tertiary alicyclic amines) is 1. The fourth-order valence-corrected chi connectivity index (χ4v) is 3.82. The van der Waals surface area contributed by atoms with Crippen LogP contribution in [0.1, 0.15) is 64.7 Å². The lowest BCUT2D eigenvalue weighted by Gasteiger charge is -2.24. The maximum atomic E-state index is 10.2. The Balaban J connectivity index is 1.67. The second-order valence-corrected chi connectivity index (χ2v) is 6.55. The summed E-state index contributed by atoms with van der Waals surface area (Å²) in [6.45, 7) is 5.65. The molecular formula is C16H31NO. The van der Waals surface area contributed by atoms with Crippen molar-refractivity contribution in [3.8, 4) is 0 Å². The molecule has 1 saturated heterocycles. The molecule has 1 aliphatic carbocycles. The van der Waals surface area contributed by atoms with E-state index in [9.17, 15) is 5.11 Å². The Morgan fingerprint density at radius 1 is 1.00 bits per heavy atom. The van der Waals surface area contributed by atoms with Crippen molar-refractivity contribution in [2.45, 2.75) is 70.8 Å². The van der Waals surface area contributed by atoms with Gasteiger partial charge in [-0.05, 0) is 50.6 Å². The molecule has 2 atom stereocenters. The number of nitrogens with zero attached hydrogens (tertiary/aromatic N) is 1. The SMILES string of the molecule is CCC1CCCN(CC(O)CC2CCCC2)CC1. The zero-order chi connectivity index (χ0) is 12.8. The van der Waals surface area contributed by atoms with Crippen LogP contribution in [0.4, 0.5) is 0 Å². The molecule has 0 spiro atoms. The molecular weight excluding hydrogens is 222 g/mol. The highest BCUT2D eigenvalue weighted by Crippen LogP contribution is 2.29. The van der Waals surface area contributed by atoms with Gasteiger partial charge in [-0.1, -0.05) is 39.0 Å². The first-order valence-electron chi connectivity index (χ1n) is 8.18. The number of rotatable bonds is 5. The lowest BCUT2D eigenvalue weighted by atomic mass is 9.98. The van der Waals surface area contributed by atoms with E-state index in [1.165, 1.54) is 64.5 Å². The second kappa shape index (κ2) is 7.49. The fourth-order valence-electron chi connectivity index (χ4n) is 3.82. The number of hydrogen-bond acceptors (Lipinski definition) is 2. The van der Waals surface area contributed by atoms with Crippen LogP contribution >= 0.6 is 0 Å². The fraction of sp³-hybridized carbons (Fsp3) is 1.00. The topological polar surface area (TPSA) is 23.5 Å². The normalized spacial score (nSPS) is 29.3. The number of aliphatic hydroxyl groups is 1. The van der Waals surface area contributed by atoms with Crippen molar-refractivity contribution in [1.82, 2.24) is 4.90 Å². The van der Waals surface area contributed by atoms with E-state index >= 15 is 0 Å². The van der Waals surface area contributed by atoms with Gasteiger partial charge in [-0.15, -0.1) is 0 Å². The van der Waals surface area contributed by atoms with Crippen LogP contribution < -0.4 is 0 Å². The Bertz CT molecular complexity index is 225. The molecule has 0 bridgehead atoms. The molecule has 1 saturated carbocycles. The summed E-state index contributed by atoms with van der Waals surface area (Å²) in [5.41, 5.74) is 0. The van der Waals surface area contributed by atoms with E-state index in [2.05, 4.69) is 11.8 Å². The Labute approximate surface area is 113 Å². The third-order valence-electron chi connectivity index (χ3n) is 5.07. The molecule has 1 N–H and O–H groups in total. The van der Waals surface area contributed by atoms with Crippen LogP contribution in [-0.4, -0.2) is 35.7 Å². The summed E-state index contributed by atoms with van der Waals surface area (Å²) < 4.78 is 0. The highest BCUT2D eigenvalue weighted by Gasteiger charge is 2.22. The van der Waals surface area contributed by atoms with Crippen LogP contribution in [0.25, 0.3) is 0 Å². The largest absolute Gasteiger partial charge is 0.392 e. The van der Waals surface area contributed by atoms with Crippen molar-refractivity contribution in [1.29, 1.82) is 0 Å². The third-order valence-corrected chi connectivity index (χ3v) is 5.07. The molecule has 0 aromatic rings. The quantitative estimate of drug-likeness (QED) is 0.811. The molecule has 0 radical (unpaired) electrons. The monoisotopic (exact) mass is 253 g/mol. The molecule has 2 fully saturated rings. The predicted octanol–water partition coefficient (Wildman–Crippen LogP) is 3.44. The number of β-amino-alcohol motifs (C(OH)–C–C–N with tert-alkyl or cyclic N) is 1. The maximum absolute atomic E-state index is 10.2. The minimum Gasteiger partial charge on any atom is -0.392 e. The van der Waals surface area contributed by atoms with E-state index in [0.29, 0.717) is 0 Å². The summed E-state index contributed by atoms with van der Waals surface area (Å²) in [4.78, 5) is 2.51. The molecule has 0 aromatic carbocycles. The van der Waals surface area contributed by atoms with Gasteiger partial charge in [-0.2, -0.15) is 0 Å². The molecule has 0 aromatic heterocycles. The standard InChI is InChI=1S/C16H31NO/c1-2-14-8-5-10-17(11-9-14)13-16(18)12-15-6-3-4-7-15/h14-16,18H,2-13H2,1H3. The zero-order valence-electron chi connectivity index (χ0n) is 12.1. The van der Waals surface area contributed by atoms with Crippen LogP contribution in [0.5, 0.6) is 0 Å². The van der Waals surface area contributed by atoms with Crippen LogP contribution in [0.15, 0.2) is 0 Å². The molecule has 18 heavy (non-hydrogen) atoms. The second-order valence-electron chi connectivity index (χ2n) is 6.55. The van der Waals surface area contributed by atoms with Crippen molar-refractivity contribution >= 4 is 0 Å². The molecule has 106 valence electrons. The Morgan fingerprint density at radius 3 is 2.44 bits per heavy atom. The van der Waals surface area contributed by atoms with E-state index in [1.807, 2.05) is 0 Å². The summed E-state index contributed by atoms with van der Waals surface area (Å²) in [6.07, 6.45) is 11.9. The van der Waals surface area contributed by atoms with Crippen molar-refractivity contribution in [3.05, 3.63) is 0 Å². The minimum absolute atomic E-state index is 0.0775. The van der Waals surface area contributed by atoms with Gasteiger partial charge >= 0.3 is 0 Å². The molecule has 2 rings (SSSR count). The molecule has 2 aliphatic rings. The van der Waals surface area contributed by atoms with Crippen LogP contribution in [0.3, 0.4) is 0 Å². The van der Waals surface area contributed by atoms with Gasteiger partial charge in [0.15, 0.2) is 0 Å². The van der Waals surface area contributed by atoms with Gasteiger partial charge in [-0.3, -0.25) is 0 Å². The van der Waals surface area contributed by atoms with Crippen LogP contribution in [0, 0.1) is 11.8 Å². The van der Waals surface area contributed by atoms with Gasteiger partial charge < -0.3 is 10.0 Å². The minimum atomic E-state index is -0.0775. The van der Waals surface area contributed by atoms with Gasteiger partial charge in [0, 0.05) is 6.54 Å². The van der Waals surface area contributed by atoms with E-state index in [0.717, 1.165) is 24.8 Å². The third kappa shape index (κ3) is 4.55. The average molecular weight is 253 g/mol. The van der Waals surface area contributed by atoms with E-state index in [1.54, 1.807) is 0 Å². The molecule has 2 heteroatoms. The van der Waals surface area contributed by atoms with Gasteiger partial charge in [0.05, 0.1) is 6.10 Å². The average Bonchev–Trinajstić information content (AvgIpc) is 2.75. The van der Waals surface area contributed by atoms with Crippen molar-refractivity contribution in [3.63, 3.8) is 0 Å². The van der Waals surface area contributed by atoms with E-state index in [-0.39, 0.29) is 6.10 Å². The molecule has 2 unspecified atom stereocenters. The zero-order valence-corrected chi connectivity index (χ0v) is 12.1. The van der Waals surface area contributed by atoms with Crippen molar-refractivity contribution < 1.29 is 5.11 Å². The summed E-state index contributed by atoms with van der Waals surface area (Å²) in [7, 11) is 0. The van der Waals surface area contributed by atoms with Crippen LogP contribution in [-0.2, 0) is 0 Å². The van der Waals surface area contributed by atoms with Gasteiger partial charge in [0.2, 0.25) is 0 Å². The van der Waals surface area contributed by atoms with Crippen LogP contribution in [0.2, 0.25) is 0 Å². The Morgan fingerprint density at radius 2 is 1.72 bits per heavy atom. The molecule has 1 aliphatic heterocycles. The first-order valence-corrected chi connectivity index (χ1v) is 8.18. The summed E-state index contributed by atoms with van der Waals surface area (Å²) >= 11 is 0. The number of hydrogen-bond donors (Lipinski definition) is 1. The highest BCUT2D eigenvalue weighted by atomic mass is 16.3. The van der Waals surface area contributed by atoms with Crippen molar-refractivity contribution in [2.75, 3.05) is 19.6 Å². The van der Waals surface area contributed by atoms with E-state index in [4.69, 9.17) is 0 Å². The molecule has 1 heterocycles. The van der Waals surface area contributed by atoms with Gasteiger partial charge in [-0.25, -0.2) is 0 Å². The Hall–Kier alpha value is -0.0800. The lowest BCUT2D eigenvalue weighted by Crippen LogP contribution is -2.34. The van der Waals surface area contributed by atoms with E-state index < -0.39 is 0 Å². The van der Waals surface area contributed by atoms with Gasteiger partial charge in [0.25, 0.3) is 0 Å². The maximum Gasteiger partial charge on any atom is 0.0669 e.